The summed E-state index contributed by atoms with van der Waals surface area (Å²) in [5, 5.41) is 1.64. The number of anilines is 1. The predicted octanol–water partition coefficient (Wildman–Crippen LogP) is 3.77. The van der Waals surface area contributed by atoms with Crippen LogP contribution in [0.1, 0.15) is 16.1 Å². The first-order valence-electron chi connectivity index (χ1n) is 5.68. The number of nitrogens with zero attached hydrogens (tertiary/aromatic N) is 1. The second-order valence-corrected chi connectivity index (χ2v) is 4.10. The Morgan fingerprint density at radius 2 is 1.68 bits per heavy atom. The molecule has 0 radical (unpaired) electrons. The quantitative estimate of drug-likeness (QED) is 0.856. The summed E-state index contributed by atoms with van der Waals surface area (Å²) in [5.41, 5.74) is -3.48. The Balaban J connectivity index is 2.40. The third-order valence-corrected chi connectivity index (χ3v) is 2.57. The van der Waals surface area contributed by atoms with Crippen LogP contribution in [0.2, 0.25) is 0 Å². The lowest BCUT2D eigenvalue weighted by molar-refractivity contribution is -0.141. The second kappa shape index (κ2) is 5.66. The number of benzene rings is 1. The SMILES string of the molecule is O=C(Nc1c(F)cc(F)cc1F)c1cccnc1C(F)(F)F. The van der Waals surface area contributed by atoms with Crippen LogP contribution in [0.15, 0.2) is 30.5 Å². The summed E-state index contributed by atoms with van der Waals surface area (Å²) in [6.07, 6.45) is -4.10. The van der Waals surface area contributed by atoms with Crippen LogP contribution in [0.3, 0.4) is 0 Å². The summed E-state index contributed by atoms with van der Waals surface area (Å²) >= 11 is 0. The van der Waals surface area contributed by atoms with E-state index < -0.39 is 46.5 Å². The summed E-state index contributed by atoms with van der Waals surface area (Å²) in [5.74, 6) is -5.57. The van der Waals surface area contributed by atoms with Crippen molar-refractivity contribution in [1.82, 2.24) is 4.98 Å². The third kappa shape index (κ3) is 3.18. The van der Waals surface area contributed by atoms with Gasteiger partial charge in [0, 0.05) is 18.3 Å². The van der Waals surface area contributed by atoms with Crippen molar-refractivity contribution in [2.45, 2.75) is 6.18 Å². The molecule has 0 saturated carbocycles. The van der Waals surface area contributed by atoms with E-state index in [4.69, 9.17) is 0 Å². The van der Waals surface area contributed by atoms with Crippen molar-refractivity contribution in [3.05, 3.63) is 59.2 Å². The number of amides is 1. The molecule has 116 valence electrons. The minimum absolute atomic E-state index is 0.284. The van der Waals surface area contributed by atoms with Crippen molar-refractivity contribution in [1.29, 1.82) is 0 Å². The highest BCUT2D eigenvalue weighted by molar-refractivity contribution is 6.05. The Morgan fingerprint density at radius 3 is 2.23 bits per heavy atom. The molecule has 22 heavy (non-hydrogen) atoms. The van der Waals surface area contributed by atoms with Gasteiger partial charge in [0.05, 0.1) is 5.56 Å². The zero-order valence-corrected chi connectivity index (χ0v) is 10.5. The van der Waals surface area contributed by atoms with Gasteiger partial charge in [-0.15, -0.1) is 0 Å². The molecule has 0 fully saturated rings. The largest absolute Gasteiger partial charge is 0.434 e. The summed E-state index contributed by atoms with van der Waals surface area (Å²) in [6, 6.07) is 2.42. The Bertz CT molecular complexity index is 706. The molecule has 0 aliphatic heterocycles. The van der Waals surface area contributed by atoms with Crippen LogP contribution in [0.4, 0.5) is 32.0 Å². The first-order chi connectivity index (χ1) is 10.2. The summed E-state index contributed by atoms with van der Waals surface area (Å²) in [4.78, 5) is 14.8. The van der Waals surface area contributed by atoms with Gasteiger partial charge in [-0.05, 0) is 12.1 Å². The van der Waals surface area contributed by atoms with E-state index in [-0.39, 0.29) is 12.1 Å². The van der Waals surface area contributed by atoms with E-state index in [2.05, 4.69) is 4.98 Å². The van der Waals surface area contributed by atoms with E-state index in [1.54, 1.807) is 5.32 Å². The molecule has 2 aromatic rings. The van der Waals surface area contributed by atoms with Crippen LogP contribution < -0.4 is 5.32 Å². The van der Waals surface area contributed by atoms with E-state index in [0.717, 1.165) is 18.3 Å². The van der Waals surface area contributed by atoms with E-state index >= 15 is 0 Å². The standard InChI is InChI=1S/C13H6F6N2O/c14-6-4-8(15)10(9(16)5-6)21-12(22)7-2-1-3-20-11(7)13(17,18)19/h1-5H,(H,21,22). The van der Waals surface area contributed by atoms with Crippen LogP contribution >= 0.6 is 0 Å². The molecule has 0 atom stereocenters. The van der Waals surface area contributed by atoms with Gasteiger partial charge in [-0.2, -0.15) is 13.2 Å². The lowest BCUT2D eigenvalue weighted by Crippen LogP contribution is -2.21. The average molecular weight is 320 g/mol. The van der Waals surface area contributed by atoms with Gasteiger partial charge in [0.15, 0.2) is 17.3 Å². The second-order valence-electron chi connectivity index (χ2n) is 4.10. The normalized spacial score (nSPS) is 11.4. The molecule has 1 heterocycles. The topological polar surface area (TPSA) is 42.0 Å². The highest BCUT2D eigenvalue weighted by Gasteiger charge is 2.37. The Morgan fingerprint density at radius 1 is 1.09 bits per heavy atom. The molecule has 0 bridgehead atoms. The molecule has 3 nitrogen and oxygen atoms in total. The molecule has 0 spiro atoms. The molecule has 0 aliphatic carbocycles. The molecule has 1 aromatic heterocycles. The summed E-state index contributed by atoms with van der Waals surface area (Å²) < 4.78 is 77.7. The molecule has 1 amide bonds. The monoisotopic (exact) mass is 320 g/mol. The molecule has 2 rings (SSSR count). The molecule has 0 aliphatic rings. The predicted molar refractivity (Wildman–Crippen MR) is 63.5 cm³/mol. The average Bonchev–Trinajstić information content (AvgIpc) is 2.41. The van der Waals surface area contributed by atoms with Crippen molar-refractivity contribution in [2.75, 3.05) is 5.32 Å². The van der Waals surface area contributed by atoms with Crippen molar-refractivity contribution in [2.24, 2.45) is 0 Å². The molecule has 9 heteroatoms. The Kier molecular flexibility index (Phi) is 4.07. The van der Waals surface area contributed by atoms with Gasteiger partial charge in [-0.3, -0.25) is 9.78 Å². The van der Waals surface area contributed by atoms with Gasteiger partial charge in [0.25, 0.3) is 5.91 Å². The van der Waals surface area contributed by atoms with Gasteiger partial charge in [0.2, 0.25) is 0 Å². The van der Waals surface area contributed by atoms with Gasteiger partial charge >= 0.3 is 6.18 Å². The number of aromatic nitrogens is 1. The molecule has 0 saturated heterocycles. The van der Waals surface area contributed by atoms with Gasteiger partial charge in [-0.25, -0.2) is 13.2 Å². The smallest absolute Gasteiger partial charge is 0.317 e. The lowest BCUT2D eigenvalue weighted by Gasteiger charge is -2.12. The van der Waals surface area contributed by atoms with Crippen molar-refractivity contribution >= 4 is 11.6 Å². The number of pyridine rings is 1. The molecular formula is C13H6F6N2O. The van der Waals surface area contributed by atoms with Crippen LogP contribution in [-0.4, -0.2) is 10.9 Å². The van der Waals surface area contributed by atoms with Crippen molar-refractivity contribution in [3.63, 3.8) is 0 Å². The van der Waals surface area contributed by atoms with Gasteiger partial charge in [-0.1, -0.05) is 0 Å². The molecule has 1 aromatic carbocycles. The van der Waals surface area contributed by atoms with Gasteiger partial charge < -0.3 is 5.32 Å². The molecule has 0 unspecified atom stereocenters. The van der Waals surface area contributed by atoms with Crippen molar-refractivity contribution in [3.8, 4) is 0 Å². The molecule has 1 N–H and O–H groups in total. The van der Waals surface area contributed by atoms with Gasteiger partial charge in [0.1, 0.15) is 11.5 Å². The summed E-state index contributed by atoms with van der Waals surface area (Å²) in [7, 11) is 0. The number of hydrogen-bond acceptors (Lipinski definition) is 2. The van der Waals surface area contributed by atoms with Crippen molar-refractivity contribution < 1.29 is 31.1 Å². The first kappa shape index (κ1) is 15.8. The van der Waals surface area contributed by atoms with E-state index in [1.165, 1.54) is 0 Å². The highest BCUT2D eigenvalue weighted by Crippen LogP contribution is 2.30. The van der Waals surface area contributed by atoms with Crippen LogP contribution in [0.25, 0.3) is 0 Å². The summed E-state index contributed by atoms with van der Waals surface area (Å²) in [6.45, 7) is 0. The zero-order valence-electron chi connectivity index (χ0n) is 10.5. The fraction of sp³-hybridized carbons (Fsp3) is 0.0769. The molecular weight excluding hydrogens is 314 g/mol. The van der Waals surface area contributed by atoms with Crippen LogP contribution in [0.5, 0.6) is 0 Å². The minimum Gasteiger partial charge on any atom is -0.317 e. The van der Waals surface area contributed by atoms with E-state index in [9.17, 15) is 31.1 Å². The Labute approximate surface area is 119 Å². The Hall–Kier alpha value is -2.58. The van der Waals surface area contributed by atoms with Crippen LogP contribution in [0, 0.1) is 17.5 Å². The first-order valence-corrected chi connectivity index (χ1v) is 5.68. The third-order valence-electron chi connectivity index (χ3n) is 2.57. The number of carbonyl (C=O) groups excluding carboxylic acids is 1. The number of hydrogen-bond donors (Lipinski definition) is 1. The zero-order chi connectivity index (χ0) is 16.5. The fourth-order valence-electron chi connectivity index (χ4n) is 1.66. The van der Waals surface area contributed by atoms with E-state index in [0.29, 0.717) is 0 Å². The van der Waals surface area contributed by atoms with E-state index in [1.807, 2.05) is 0 Å². The highest BCUT2D eigenvalue weighted by atomic mass is 19.4. The number of rotatable bonds is 2. The number of halogens is 6. The van der Waals surface area contributed by atoms with Crippen LogP contribution in [-0.2, 0) is 6.18 Å². The lowest BCUT2D eigenvalue weighted by atomic mass is 10.1. The number of carbonyl (C=O) groups is 1. The maximum Gasteiger partial charge on any atom is 0.434 e. The fourth-order valence-corrected chi connectivity index (χ4v) is 1.66. The maximum absolute atomic E-state index is 13.4. The maximum atomic E-state index is 13.4. The number of alkyl halides is 3. The number of nitrogens with one attached hydrogen (secondary N) is 1. The minimum atomic E-state index is -4.92.